The summed E-state index contributed by atoms with van der Waals surface area (Å²) in [7, 11) is 1.78. The van der Waals surface area contributed by atoms with Gasteiger partial charge in [-0.05, 0) is 6.07 Å². The van der Waals surface area contributed by atoms with Gasteiger partial charge < -0.3 is 4.52 Å². The van der Waals surface area contributed by atoms with Gasteiger partial charge in [-0.1, -0.05) is 10.4 Å². The summed E-state index contributed by atoms with van der Waals surface area (Å²) in [6, 6.07) is 1.77. The minimum atomic E-state index is 0.349. The van der Waals surface area contributed by atoms with Crippen molar-refractivity contribution in [3.05, 3.63) is 37.1 Å². The van der Waals surface area contributed by atoms with Crippen LogP contribution < -0.4 is 0 Å². The Labute approximate surface area is 133 Å². The van der Waals surface area contributed by atoms with Crippen molar-refractivity contribution in [3.8, 4) is 23.0 Å². The lowest BCUT2D eigenvalue weighted by molar-refractivity contribution is 0.432. The Bertz CT molecular complexity index is 1190. The molecule has 0 aliphatic heterocycles. The second-order valence-electron chi connectivity index (χ2n) is 5.11. The van der Waals surface area contributed by atoms with Crippen molar-refractivity contribution < 1.29 is 4.52 Å². The molecule has 0 saturated heterocycles. The lowest BCUT2D eigenvalue weighted by atomic mass is 10.2. The summed E-state index contributed by atoms with van der Waals surface area (Å²) in [6.45, 7) is 0. The molecule has 10 heteroatoms. The molecule has 0 atom stereocenters. The zero-order chi connectivity index (χ0) is 16.1. The van der Waals surface area contributed by atoms with E-state index in [2.05, 4.69) is 35.4 Å². The molecular formula is C14H9N9O. The van der Waals surface area contributed by atoms with Gasteiger partial charge in [-0.2, -0.15) is 4.98 Å². The first kappa shape index (κ1) is 12.8. The lowest BCUT2D eigenvalue weighted by Crippen LogP contribution is -1.92. The Morgan fingerprint density at radius 2 is 2.08 bits per heavy atom. The average molecular weight is 319 g/mol. The van der Waals surface area contributed by atoms with Crippen molar-refractivity contribution in [3.63, 3.8) is 0 Å². The first-order chi connectivity index (χ1) is 11.8. The zero-order valence-corrected chi connectivity index (χ0v) is 12.4. The van der Waals surface area contributed by atoms with E-state index in [0.717, 1.165) is 0 Å². The van der Waals surface area contributed by atoms with Crippen molar-refractivity contribution in [2.24, 2.45) is 7.05 Å². The summed E-state index contributed by atoms with van der Waals surface area (Å²) in [5, 5.41) is 12.1. The van der Waals surface area contributed by atoms with E-state index >= 15 is 0 Å². The number of hydrogen-bond donors (Lipinski definition) is 0. The van der Waals surface area contributed by atoms with Crippen LogP contribution in [0.25, 0.3) is 39.8 Å². The van der Waals surface area contributed by atoms with Gasteiger partial charge in [0.2, 0.25) is 5.82 Å². The molecule has 10 nitrogen and oxygen atoms in total. The number of fused-ring (bicyclic) bond motifs is 2. The van der Waals surface area contributed by atoms with Crippen LogP contribution in [0, 0.1) is 0 Å². The zero-order valence-electron chi connectivity index (χ0n) is 12.4. The third-order valence-electron chi connectivity index (χ3n) is 3.69. The fourth-order valence-corrected chi connectivity index (χ4v) is 2.55. The van der Waals surface area contributed by atoms with Crippen LogP contribution in [0.2, 0.25) is 0 Å². The third kappa shape index (κ3) is 1.73. The summed E-state index contributed by atoms with van der Waals surface area (Å²) in [5.74, 6) is 0.777. The van der Waals surface area contributed by atoms with Crippen molar-refractivity contribution in [1.82, 2.24) is 44.5 Å². The molecule has 0 unspecified atom stereocenters. The maximum absolute atomic E-state index is 5.42. The topological polar surface area (TPSA) is 113 Å². The highest BCUT2D eigenvalue weighted by atomic mass is 16.5. The van der Waals surface area contributed by atoms with Crippen molar-refractivity contribution >= 4 is 16.8 Å². The Morgan fingerprint density at radius 1 is 1.12 bits per heavy atom. The van der Waals surface area contributed by atoms with Gasteiger partial charge in [0.05, 0.1) is 18.0 Å². The van der Waals surface area contributed by atoms with E-state index < -0.39 is 0 Å². The van der Waals surface area contributed by atoms with Crippen molar-refractivity contribution in [2.45, 2.75) is 0 Å². The molecule has 24 heavy (non-hydrogen) atoms. The second-order valence-corrected chi connectivity index (χ2v) is 5.11. The number of pyridine rings is 1. The van der Waals surface area contributed by atoms with Gasteiger partial charge in [0.15, 0.2) is 11.3 Å². The van der Waals surface area contributed by atoms with Crippen molar-refractivity contribution in [2.75, 3.05) is 0 Å². The van der Waals surface area contributed by atoms with E-state index in [1.165, 1.54) is 0 Å². The molecule has 0 fully saturated rings. The van der Waals surface area contributed by atoms with E-state index in [1.807, 2.05) is 4.40 Å². The molecular weight excluding hydrogens is 310 g/mol. The summed E-state index contributed by atoms with van der Waals surface area (Å²) >= 11 is 0. The Morgan fingerprint density at radius 3 is 3.04 bits per heavy atom. The van der Waals surface area contributed by atoms with Gasteiger partial charge in [-0.25, -0.2) is 14.6 Å². The molecule has 5 rings (SSSR count). The van der Waals surface area contributed by atoms with Crippen LogP contribution in [0.5, 0.6) is 0 Å². The predicted octanol–water partition coefficient (Wildman–Crippen LogP) is 1.12. The summed E-state index contributed by atoms with van der Waals surface area (Å²) < 4.78 is 8.85. The first-order valence-electron chi connectivity index (χ1n) is 7.07. The second kappa shape index (κ2) is 4.65. The smallest absolute Gasteiger partial charge is 0.260 e. The van der Waals surface area contributed by atoms with E-state index in [9.17, 15) is 0 Å². The molecule has 0 aromatic carbocycles. The normalized spacial score (nSPS) is 11.5. The van der Waals surface area contributed by atoms with Crippen LogP contribution in [0.4, 0.5) is 0 Å². The molecule has 0 radical (unpaired) electrons. The third-order valence-corrected chi connectivity index (χ3v) is 3.69. The van der Waals surface area contributed by atoms with E-state index in [-0.39, 0.29) is 0 Å². The first-order valence-corrected chi connectivity index (χ1v) is 7.07. The fourth-order valence-electron chi connectivity index (χ4n) is 2.55. The van der Waals surface area contributed by atoms with Gasteiger partial charge in [0.25, 0.3) is 5.89 Å². The van der Waals surface area contributed by atoms with E-state index in [4.69, 9.17) is 4.52 Å². The van der Waals surface area contributed by atoms with Crippen LogP contribution in [0.1, 0.15) is 0 Å². The molecule has 0 bridgehead atoms. The Kier molecular flexibility index (Phi) is 2.48. The summed E-state index contributed by atoms with van der Waals surface area (Å²) in [6.07, 6.45) is 8.46. The quantitative estimate of drug-likeness (QED) is 0.476. The molecule has 0 aliphatic rings. The fraction of sp³-hybridized carbons (Fsp3) is 0.0714. The van der Waals surface area contributed by atoms with E-state index in [0.29, 0.717) is 39.8 Å². The number of rotatable bonds is 2. The number of aryl methyl sites for hydroxylation is 1. The molecule has 0 N–H and O–H groups in total. The van der Waals surface area contributed by atoms with E-state index in [1.54, 1.807) is 48.8 Å². The van der Waals surface area contributed by atoms with Crippen LogP contribution >= 0.6 is 0 Å². The van der Waals surface area contributed by atoms with Crippen LogP contribution in [-0.4, -0.2) is 44.5 Å². The highest BCUT2D eigenvalue weighted by Crippen LogP contribution is 2.26. The van der Waals surface area contributed by atoms with Gasteiger partial charge in [-0.15, -0.1) is 5.10 Å². The monoisotopic (exact) mass is 319 g/mol. The predicted molar refractivity (Wildman–Crippen MR) is 81.6 cm³/mol. The highest BCUT2D eigenvalue weighted by molar-refractivity contribution is 5.86. The molecule has 5 aromatic rings. The van der Waals surface area contributed by atoms with Gasteiger partial charge in [0, 0.05) is 25.6 Å². The molecule has 116 valence electrons. The number of nitrogens with zero attached hydrogens (tertiary/aromatic N) is 9. The highest BCUT2D eigenvalue weighted by Gasteiger charge is 2.18. The molecule has 5 heterocycles. The van der Waals surface area contributed by atoms with Gasteiger partial charge in [0.1, 0.15) is 11.2 Å². The molecule has 0 saturated carbocycles. The van der Waals surface area contributed by atoms with Gasteiger partial charge in [-0.3, -0.25) is 9.38 Å². The van der Waals surface area contributed by atoms with Crippen molar-refractivity contribution in [1.29, 1.82) is 0 Å². The molecule has 0 spiro atoms. The Hall–Kier alpha value is -3.69. The molecule has 0 amide bonds. The minimum Gasteiger partial charge on any atom is -0.333 e. The number of imidazole rings is 1. The lowest BCUT2D eigenvalue weighted by Gasteiger charge is -1.95. The number of hydrogen-bond acceptors (Lipinski definition) is 8. The maximum Gasteiger partial charge on any atom is 0.260 e. The largest absolute Gasteiger partial charge is 0.333 e. The standard InChI is InChI=1S/C14H9N9O/c1-22-13-11(19-21-22)8(2-3-16-13)14-18-12(20-24-14)9-6-17-10-7-15-4-5-23(9)10/h2-7H,1H3. The summed E-state index contributed by atoms with van der Waals surface area (Å²) in [4.78, 5) is 17.0. The maximum atomic E-state index is 5.42. The molecule has 5 aromatic heterocycles. The van der Waals surface area contributed by atoms with Gasteiger partial charge >= 0.3 is 0 Å². The Balaban J connectivity index is 1.67. The number of aromatic nitrogens is 9. The van der Waals surface area contributed by atoms with Crippen LogP contribution in [-0.2, 0) is 7.05 Å². The summed E-state index contributed by atoms with van der Waals surface area (Å²) in [5.41, 5.74) is 3.36. The minimum absolute atomic E-state index is 0.349. The SMILES string of the molecule is Cn1nnc2c(-c3nc(-c4cnc5cnccn45)no3)ccnc21. The average Bonchev–Trinajstić information content (AvgIpc) is 3.33. The van der Waals surface area contributed by atoms with Crippen LogP contribution in [0.15, 0.2) is 41.6 Å². The molecule has 0 aliphatic carbocycles. The van der Waals surface area contributed by atoms with Crippen LogP contribution in [0.3, 0.4) is 0 Å².